The van der Waals surface area contributed by atoms with E-state index in [2.05, 4.69) is 11.8 Å². The fraction of sp³-hybridized carbons (Fsp3) is 0.600. The van der Waals surface area contributed by atoms with Gasteiger partial charge in [-0.1, -0.05) is 25.0 Å². The second-order valence-electron chi connectivity index (χ2n) is 5.36. The molecule has 0 radical (unpaired) electrons. The van der Waals surface area contributed by atoms with Crippen LogP contribution in [0.5, 0.6) is 0 Å². The van der Waals surface area contributed by atoms with Crippen LogP contribution in [0, 0.1) is 5.82 Å². The summed E-state index contributed by atoms with van der Waals surface area (Å²) in [6.07, 6.45) is 4.74. The number of hydrogen-bond acceptors (Lipinski definition) is 2. The number of nitrogens with two attached hydrogens (primary N) is 1. The van der Waals surface area contributed by atoms with Gasteiger partial charge in [0.1, 0.15) is 5.82 Å². The van der Waals surface area contributed by atoms with Gasteiger partial charge in [0.25, 0.3) is 0 Å². The molecular weight excluding hydrogens is 227 g/mol. The summed E-state index contributed by atoms with van der Waals surface area (Å²) in [5, 5.41) is 0. The van der Waals surface area contributed by atoms with Gasteiger partial charge in [0.05, 0.1) is 5.69 Å². The van der Waals surface area contributed by atoms with Crippen molar-refractivity contribution in [3.63, 3.8) is 0 Å². The Morgan fingerprint density at radius 3 is 2.83 bits per heavy atom. The molecule has 1 aliphatic rings. The SMILES string of the molecule is CC(N)c1cccc(F)c1N1CCCCCC1C. The smallest absolute Gasteiger partial charge is 0.146 e. The van der Waals surface area contributed by atoms with E-state index in [4.69, 9.17) is 5.73 Å². The Labute approximate surface area is 109 Å². The summed E-state index contributed by atoms with van der Waals surface area (Å²) in [5.74, 6) is -0.140. The molecule has 0 aromatic heterocycles. The summed E-state index contributed by atoms with van der Waals surface area (Å²) < 4.78 is 14.2. The number of anilines is 1. The second-order valence-corrected chi connectivity index (χ2v) is 5.36. The highest BCUT2D eigenvalue weighted by atomic mass is 19.1. The second kappa shape index (κ2) is 5.70. The van der Waals surface area contributed by atoms with Crippen molar-refractivity contribution in [1.82, 2.24) is 0 Å². The Morgan fingerprint density at radius 1 is 1.33 bits per heavy atom. The minimum Gasteiger partial charge on any atom is -0.366 e. The highest BCUT2D eigenvalue weighted by Crippen LogP contribution is 2.32. The molecule has 2 unspecified atom stereocenters. The topological polar surface area (TPSA) is 29.3 Å². The molecule has 1 heterocycles. The molecule has 2 rings (SSSR count). The third-order valence-electron chi connectivity index (χ3n) is 3.85. The molecule has 3 heteroatoms. The lowest BCUT2D eigenvalue weighted by Gasteiger charge is -2.32. The van der Waals surface area contributed by atoms with E-state index >= 15 is 0 Å². The van der Waals surface area contributed by atoms with Crippen LogP contribution in [0.25, 0.3) is 0 Å². The van der Waals surface area contributed by atoms with Gasteiger partial charge in [-0.15, -0.1) is 0 Å². The standard InChI is InChI=1S/C15H23FN2/c1-11-7-4-3-5-10-18(11)15-13(12(2)17)8-6-9-14(15)16/h6,8-9,11-12H,3-5,7,10,17H2,1-2H3. The molecule has 1 aromatic rings. The van der Waals surface area contributed by atoms with Crippen LogP contribution in [0.1, 0.15) is 51.1 Å². The average molecular weight is 250 g/mol. The van der Waals surface area contributed by atoms with E-state index in [-0.39, 0.29) is 11.9 Å². The first-order chi connectivity index (χ1) is 8.61. The van der Waals surface area contributed by atoms with Crippen molar-refractivity contribution in [3.05, 3.63) is 29.6 Å². The predicted octanol–water partition coefficient (Wildman–Crippen LogP) is 3.61. The van der Waals surface area contributed by atoms with E-state index in [1.54, 1.807) is 12.1 Å². The van der Waals surface area contributed by atoms with Gasteiger partial charge >= 0.3 is 0 Å². The summed E-state index contributed by atoms with van der Waals surface area (Å²) in [5.41, 5.74) is 7.63. The number of para-hydroxylation sites is 1. The van der Waals surface area contributed by atoms with Crippen LogP contribution >= 0.6 is 0 Å². The zero-order valence-corrected chi connectivity index (χ0v) is 11.3. The Bertz CT molecular complexity index is 403. The van der Waals surface area contributed by atoms with Gasteiger partial charge in [-0.2, -0.15) is 0 Å². The molecule has 2 nitrogen and oxygen atoms in total. The van der Waals surface area contributed by atoms with Crippen LogP contribution in [0.4, 0.5) is 10.1 Å². The van der Waals surface area contributed by atoms with Crippen LogP contribution in [0.15, 0.2) is 18.2 Å². The van der Waals surface area contributed by atoms with E-state index in [9.17, 15) is 4.39 Å². The molecule has 2 N–H and O–H groups in total. The van der Waals surface area contributed by atoms with Crippen LogP contribution < -0.4 is 10.6 Å². The molecular formula is C15H23FN2. The Hall–Kier alpha value is -1.09. The quantitative estimate of drug-likeness (QED) is 0.868. The van der Waals surface area contributed by atoms with Crippen LogP contribution in [-0.2, 0) is 0 Å². The maximum absolute atomic E-state index is 14.2. The van der Waals surface area contributed by atoms with Gasteiger partial charge in [-0.05, 0) is 38.3 Å². The number of hydrogen-bond donors (Lipinski definition) is 1. The summed E-state index contributed by atoms with van der Waals surface area (Å²) >= 11 is 0. The van der Waals surface area contributed by atoms with Gasteiger partial charge in [-0.25, -0.2) is 4.39 Å². The first kappa shape index (κ1) is 13.3. The highest BCUT2D eigenvalue weighted by Gasteiger charge is 2.23. The lowest BCUT2D eigenvalue weighted by Crippen LogP contribution is -2.34. The molecule has 0 saturated carbocycles. The first-order valence-corrected chi connectivity index (χ1v) is 6.92. The third kappa shape index (κ3) is 2.66. The Morgan fingerprint density at radius 2 is 2.11 bits per heavy atom. The molecule has 0 spiro atoms. The van der Waals surface area contributed by atoms with Crippen molar-refractivity contribution in [2.45, 2.75) is 51.6 Å². The molecule has 1 aliphatic heterocycles. The molecule has 2 atom stereocenters. The number of rotatable bonds is 2. The van der Waals surface area contributed by atoms with Gasteiger partial charge in [0, 0.05) is 18.6 Å². The largest absolute Gasteiger partial charge is 0.366 e. The highest BCUT2D eigenvalue weighted by molar-refractivity contribution is 5.57. The maximum Gasteiger partial charge on any atom is 0.146 e. The Kier molecular flexibility index (Phi) is 4.23. The van der Waals surface area contributed by atoms with Crippen molar-refractivity contribution in [3.8, 4) is 0 Å². The molecule has 1 saturated heterocycles. The molecule has 0 amide bonds. The van der Waals surface area contributed by atoms with Crippen molar-refractivity contribution < 1.29 is 4.39 Å². The third-order valence-corrected chi connectivity index (χ3v) is 3.85. The van der Waals surface area contributed by atoms with Gasteiger partial charge < -0.3 is 10.6 Å². The van der Waals surface area contributed by atoms with E-state index in [1.807, 2.05) is 13.0 Å². The fourth-order valence-electron chi connectivity index (χ4n) is 2.81. The number of halogens is 1. The number of nitrogens with zero attached hydrogens (tertiary/aromatic N) is 1. The normalized spacial score (nSPS) is 22.7. The van der Waals surface area contributed by atoms with Gasteiger partial charge in [0.15, 0.2) is 0 Å². The van der Waals surface area contributed by atoms with Crippen LogP contribution in [0.3, 0.4) is 0 Å². The maximum atomic E-state index is 14.2. The molecule has 0 bridgehead atoms. The number of benzene rings is 1. The van der Waals surface area contributed by atoms with E-state index in [0.717, 1.165) is 30.6 Å². The molecule has 1 aromatic carbocycles. The van der Waals surface area contributed by atoms with Crippen molar-refractivity contribution >= 4 is 5.69 Å². The molecule has 100 valence electrons. The average Bonchev–Trinajstić information content (AvgIpc) is 2.54. The van der Waals surface area contributed by atoms with Crippen molar-refractivity contribution in [2.75, 3.05) is 11.4 Å². The van der Waals surface area contributed by atoms with Gasteiger partial charge in [0.2, 0.25) is 0 Å². The molecule has 0 aliphatic carbocycles. The zero-order chi connectivity index (χ0) is 13.1. The minimum atomic E-state index is -0.140. The van der Waals surface area contributed by atoms with E-state index in [0.29, 0.717) is 6.04 Å². The summed E-state index contributed by atoms with van der Waals surface area (Å²) in [6.45, 7) is 5.03. The zero-order valence-electron chi connectivity index (χ0n) is 11.3. The van der Waals surface area contributed by atoms with Crippen LogP contribution in [-0.4, -0.2) is 12.6 Å². The lowest BCUT2D eigenvalue weighted by molar-refractivity contribution is 0.574. The monoisotopic (exact) mass is 250 g/mol. The lowest BCUT2D eigenvalue weighted by atomic mass is 10.0. The van der Waals surface area contributed by atoms with Crippen molar-refractivity contribution in [1.29, 1.82) is 0 Å². The van der Waals surface area contributed by atoms with Gasteiger partial charge in [-0.3, -0.25) is 0 Å². The predicted molar refractivity (Wildman–Crippen MR) is 74.3 cm³/mol. The first-order valence-electron chi connectivity index (χ1n) is 6.92. The minimum absolute atomic E-state index is 0.133. The summed E-state index contributed by atoms with van der Waals surface area (Å²) in [6, 6.07) is 5.49. The summed E-state index contributed by atoms with van der Waals surface area (Å²) in [7, 11) is 0. The Balaban J connectivity index is 2.41. The van der Waals surface area contributed by atoms with E-state index < -0.39 is 0 Å². The fourth-order valence-corrected chi connectivity index (χ4v) is 2.81. The summed E-state index contributed by atoms with van der Waals surface area (Å²) in [4.78, 5) is 2.21. The van der Waals surface area contributed by atoms with Crippen molar-refractivity contribution in [2.24, 2.45) is 5.73 Å². The molecule has 18 heavy (non-hydrogen) atoms. The van der Waals surface area contributed by atoms with E-state index in [1.165, 1.54) is 12.8 Å². The molecule has 1 fully saturated rings. The van der Waals surface area contributed by atoms with Crippen LogP contribution in [0.2, 0.25) is 0 Å².